The predicted molar refractivity (Wildman–Crippen MR) is 58.3 cm³/mol. The highest BCUT2D eigenvalue weighted by molar-refractivity contribution is 6.15. The quantitative estimate of drug-likeness (QED) is 0.639. The number of hydrogen-bond donors (Lipinski definition) is 0. The number of ketones is 1. The summed E-state index contributed by atoms with van der Waals surface area (Å²) < 4.78 is 13.5. The highest BCUT2D eigenvalue weighted by atomic mass is 19.1. The van der Waals surface area contributed by atoms with E-state index in [1.165, 1.54) is 6.07 Å². The first-order valence-electron chi connectivity index (χ1n) is 4.82. The second-order valence-corrected chi connectivity index (χ2v) is 3.51. The molecule has 15 heavy (non-hydrogen) atoms. The van der Waals surface area contributed by atoms with Crippen molar-refractivity contribution in [1.82, 2.24) is 0 Å². The maximum atomic E-state index is 13.5. The molecule has 0 fully saturated rings. The Balaban J connectivity index is 2.72. The first-order valence-corrected chi connectivity index (χ1v) is 4.82. The van der Waals surface area contributed by atoms with Gasteiger partial charge in [0.15, 0.2) is 5.78 Å². The Hall–Kier alpha value is -1.70. The van der Waals surface area contributed by atoms with Crippen LogP contribution in [-0.4, -0.2) is 5.78 Å². The van der Waals surface area contributed by atoms with Crippen LogP contribution >= 0.6 is 0 Å². The number of fused-ring (bicyclic) bond motifs is 1. The Morgan fingerprint density at radius 3 is 2.80 bits per heavy atom. The number of hydrogen-bond acceptors (Lipinski definition) is 1. The number of halogens is 1. The van der Waals surface area contributed by atoms with E-state index < -0.39 is 0 Å². The summed E-state index contributed by atoms with van der Waals surface area (Å²) in [5, 5.41) is 0. The van der Waals surface area contributed by atoms with Crippen LogP contribution in [0, 0.1) is 5.82 Å². The third-order valence-corrected chi connectivity index (χ3v) is 2.74. The molecule has 1 aliphatic rings. The molecule has 1 aromatic rings. The Morgan fingerprint density at radius 1 is 1.47 bits per heavy atom. The lowest BCUT2D eigenvalue weighted by atomic mass is 10.0. The fourth-order valence-electron chi connectivity index (χ4n) is 1.92. The maximum absolute atomic E-state index is 13.5. The second-order valence-electron chi connectivity index (χ2n) is 3.51. The van der Waals surface area contributed by atoms with Crippen molar-refractivity contribution < 1.29 is 9.18 Å². The topological polar surface area (TPSA) is 17.1 Å². The molecule has 0 atom stereocenters. The fraction of sp³-hybridized carbons (Fsp3) is 0.154. The van der Waals surface area contributed by atoms with Gasteiger partial charge in [0.2, 0.25) is 0 Å². The molecule has 0 spiro atoms. The third-order valence-electron chi connectivity index (χ3n) is 2.74. The highest BCUT2D eigenvalue weighted by Gasteiger charge is 2.28. The summed E-state index contributed by atoms with van der Waals surface area (Å²) in [6, 6.07) is 2.99. The Labute approximate surface area is 87.9 Å². The van der Waals surface area contributed by atoms with Crippen LogP contribution in [0.1, 0.15) is 28.4 Å². The number of carbonyl (C=O) groups excluding carboxylic acids is 1. The van der Waals surface area contributed by atoms with Crippen molar-refractivity contribution in [2.45, 2.75) is 13.3 Å². The first-order chi connectivity index (χ1) is 7.19. The monoisotopic (exact) mass is 202 g/mol. The van der Waals surface area contributed by atoms with E-state index in [2.05, 4.69) is 6.58 Å². The molecule has 0 heterocycles. The van der Waals surface area contributed by atoms with E-state index in [4.69, 9.17) is 0 Å². The van der Waals surface area contributed by atoms with Gasteiger partial charge in [-0.15, -0.1) is 0 Å². The Morgan fingerprint density at radius 2 is 2.20 bits per heavy atom. The molecule has 0 aromatic heterocycles. The van der Waals surface area contributed by atoms with Gasteiger partial charge in [-0.1, -0.05) is 24.8 Å². The molecule has 76 valence electrons. The summed E-state index contributed by atoms with van der Waals surface area (Å²) >= 11 is 0. The number of benzene rings is 1. The molecule has 0 saturated carbocycles. The normalized spacial score (nSPS) is 16.9. The summed E-state index contributed by atoms with van der Waals surface area (Å²) in [5.41, 5.74) is 2.37. The van der Waals surface area contributed by atoms with E-state index in [9.17, 15) is 9.18 Å². The van der Waals surface area contributed by atoms with Crippen LogP contribution in [0.2, 0.25) is 0 Å². The first kappa shape index (κ1) is 9.84. The van der Waals surface area contributed by atoms with Crippen LogP contribution in [0.3, 0.4) is 0 Å². The zero-order valence-corrected chi connectivity index (χ0v) is 8.51. The van der Waals surface area contributed by atoms with Gasteiger partial charge in [0, 0.05) is 23.1 Å². The molecule has 0 saturated heterocycles. The van der Waals surface area contributed by atoms with Crippen molar-refractivity contribution in [3.8, 4) is 0 Å². The summed E-state index contributed by atoms with van der Waals surface area (Å²) in [4.78, 5) is 11.9. The van der Waals surface area contributed by atoms with Crippen LogP contribution in [-0.2, 0) is 6.42 Å². The largest absolute Gasteiger partial charge is 0.289 e. The number of carbonyl (C=O) groups is 1. The van der Waals surface area contributed by atoms with Crippen LogP contribution in [0.15, 0.2) is 30.4 Å². The van der Waals surface area contributed by atoms with Gasteiger partial charge in [-0.25, -0.2) is 4.39 Å². The van der Waals surface area contributed by atoms with Gasteiger partial charge < -0.3 is 0 Å². The Bertz CT molecular complexity index is 484. The minimum atomic E-state index is -0.305. The van der Waals surface area contributed by atoms with Crippen molar-refractivity contribution in [2.24, 2.45) is 0 Å². The SMILES string of the molecule is C=Cc1ccc(F)c2c1C(=O)/C(=C\C)C2. The summed E-state index contributed by atoms with van der Waals surface area (Å²) in [5.74, 6) is -0.372. The van der Waals surface area contributed by atoms with Crippen LogP contribution in [0.4, 0.5) is 4.39 Å². The molecule has 2 heteroatoms. The van der Waals surface area contributed by atoms with Crippen molar-refractivity contribution in [1.29, 1.82) is 0 Å². The molecular weight excluding hydrogens is 191 g/mol. The maximum Gasteiger partial charge on any atom is 0.190 e. The predicted octanol–water partition coefficient (Wildman–Crippen LogP) is 3.15. The van der Waals surface area contributed by atoms with E-state index >= 15 is 0 Å². The summed E-state index contributed by atoms with van der Waals surface area (Å²) in [7, 11) is 0. The zero-order valence-electron chi connectivity index (χ0n) is 8.51. The molecule has 0 bridgehead atoms. The highest BCUT2D eigenvalue weighted by Crippen LogP contribution is 2.31. The van der Waals surface area contributed by atoms with Gasteiger partial charge >= 0.3 is 0 Å². The molecule has 1 aliphatic carbocycles. The lowest BCUT2D eigenvalue weighted by Gasteiger charge is -2.02. The fourth-order valence-corrected chi connectivity index (χ4v) is 1.92. The molecule has 0 radical (unpaired) electrons. The van der Waals surface area contributed by atoms with Gasteiger partial charge in [0.05, 0.1) is 0 Å². The smallest absolute Gasteiger partial charge is 0.190 e. The van der Waals surface area contributed by atoms with Crippen LogP contribution in [0.25, 0.3) is 6.08 Å². The minimum Gasteiger partial charge on any atom is -0.289 e. The van der Waals surface area contributed by atoms with Crippen molar-refractivity contribution in [3.05, 3.63) is 52.9 Å². The van der Waals surface area contributed by atoms with E-state index in [-0.39, 0.29) is 11.6 Å². The minimum absolute atomic E-state index is 0.0677. The molecule has 0 amide bonds. The number of allylic oxidation sites excluding steroid dienone is 2. The van der Waals surface area contributed by atoms with Crippen molar-refractivity contribution in [2.75, 3.05) is 0 Å². The van der Waals surface area contributed by atoms with Gasteiger partial charge in [-0.05, 0) is 18.6 Å². The second kappa shape index (κ2) is 3.46. The van der Waals surface area contributed by atoms with Gasteiger partial charge in [0.25, 0.3) is 0 Å². The average Bonchev–Trinajstić information content (AvgIpc) is 2.58. The van der Waals surface area contributed by atoms with Gasteiger partial charge in [-0.2, -0.15) is 0 Å². The number of rotatable bonds is 1. The molecular formula is C13H11FO. The van der Waals surface area contributed by atoms with Crippen molar-refractivity contribution in [3.63, 3.8) is 0 Å². The molecule has 1 nitrogen and oxygen atoms in total. The average molecular weight is 202 g/mol. The van der Waals surface area contributed by atoms with Gasteiger partial charge in [-0.3, -0.25) is 4.79 Å². The van der Waals surface area contributed by atoms with E-state index in [0.29, 0.717) is 28.7 Å². The zero-order chi connectivity index (χ0) is 11.0. The third kappa shape index (κ3) is 1.33. The van der Waals surface area contributed by atoms with E-state index in [0.717, 1.165) is 0 Å². The lowest BCUT2D eigenvalue weighted by molar-refractivity contribution is 0.103. The molecule has 0 unspecified atom stereocenters. The van der Waals surface area contributed by atoms with Crippen LogP contribution < -0.4 is 0 Å². The van der Waals surface area contributed by atoms with Crippen molar-refractivity contribution >= 4 is 11.9 Å². The van der Waals surface area contributed by atoms with E-state index in [1.54, 1.807) is 25.1 Å². The van der Waals surface area contributed by atoms with Crippen LogP contribution in [0.5, 0.6) is 0 Å². The van der Waals surface area contributed by atoms with E-state index in [1.807, 2.05) is 0 Å². The number of Topliss-reactive ketones (excluding diaryl/α,β-unsaturated/α-hetero) is 1. The molecule has 1 aromatic carbocycles. The standard InChI is InChI=1S/C13H11FO/c1-3-8-5-6-11(14)10-7-9(4-2)13(15)12(8)10/h3-6H,1,7H2,2H3/b9-4-. The summed E-state index contributed by atoms with van der Waals surface area (Å²) in [6.07, 6.45) is 3.74. The summed E-state index contributed by atoms with van der Waals surface area (Å²) in [6.45, 7) is 5.43. The molecule has 0 N–H and O–H groups in total. The Kier molecular flexibility index (Phi) is 2.27. The molecule has 0 aliphatic heterocycles. The van der Waals surface area contributed by atoms with Gasteiger partial charge in [0.1, 0.15) is 5.82 Å². The molecule has 2 rings (SSSR count). The lowest BCUT2D eigenvalue weighted by Crippen LogP contribution is -1.98.